The molecule has 0 bridgehead atoms. The minimum absolute atomic E-state index is 0.221. The van der Waals surface area contributed by atoms with Crippen LogP contribution in [0.5, 0.6) is 0 Å². The van der Waals surface area contributed by atoms with E-state index in [1.54, 1.807) is 59.7 Å². The molecule has 0 saturated carbocycles. The molecule has 0 aliphatic carbocycles. The number of carbonyl (C=O) groups excluding carboxylic acids is 1. The van der Waals surface area contributed by atoms with Gasteiger partial charge in [0.25, 0.3) is 0 Å². The van der Waals surface area contributed by atoms with Gasteiger partial charge in [0.15, 0.2) is 0 Å². The fraction of sp³-hybridized carbons (Fsp3) is 0.588. The number of ether oxygens (including phenoxy) is 1. The average molecular weight is 322 g/mol. The van der Waals surface area contributed by atoms with Crippen molar-refractivity contribution in [3.8, 4) is 0 Å². The van der Waals surface area contributed by atoms with Crippen molar-refractivity contribution in [3.05, 3.63) is 29.3 Å². The van der Waals surface area contributed by atoms with Gasteiger partial charge in [-0.25, -0.2) is 4.79 Å². The second-order valence-electron chi connectivity index (χ2n) is 7.13. The second-order valence-corrected chi connectivity index (χ2v) is 7.13. The lowest BCUT2D eigenvalue weighted by molar-refractivity contribution is -0.0982. The van der Waals surface area contributed by atoms with Crippen molar-refractivity contribution in [2.45, 2.75) is 65.8 Å². The predicted molar refractivity (Wildman–Crippen MR) is 90.8 cm³/mol. The van der Waals surface area contributed by atoms with Gasteiger partial charge < -0.3 is 19.5 Å². The molecule has 0 radical (unpaired) electrons. The molecule has 0 aromatic heterocycles. The molecule has 1 rings (SSSR count). The third-order valence-electron chi connectivity index (χ3n) is 3.84. The number of benzene rings is 1. The van der Waals surface area contributed by atoms with E-state index in [2.05, 4.69) is 0 Å². The van der Waals surface area contributed by atoms with Crippen LogP contribution in [0.15, 0.2) is 18.2 Å². The maximum Gasteiger partial charge on any atom is 0.491 e. The number of hydrogen-bond donors (Lipinski definition) is 2. The van der Waals surface area contributed by atoms with E-state index in [4.69, 9.17) is 9.39 Å². The van der Waals surface area contributed by atoms with Gasteiger partial charge in [-0.05, 0) is 66.1 Å². The smallest absolute Gasteiger partial charge is 0.459 e. The van der Waals surface area contributed by atoms with E-state index >= 15 is 0 Å². The molecule has 0 saturated heterocycles. The molecule has 0 atom stereocenters. The maximum absolute atomic E-state index is 12.0. The summed E-state index contributed by atoms with van der Waals surface area (Å²) in [7, 11) is -1.26. The molecule has 128 valence electrons. The van der Waals surface area contributed by atoms with E-state index in [0.29, 0.717) is 11.0 Å². The predicted octanol–water partition coefficient (Wildman–Crippen LogP) is 1.81. The maximum atomic E-state index is 12.0. The Balaban J connectivity index is 3.04. The molecule has 5 nitrogen and oxygen atoms in total. The van der Waals surface area contributed by atoms with Crippen LogP contribution in [-0.2, 0) is 9.39 Å². The van der Waals surface area contributed by atoms with Crippen LogP contribution in [0.25, 0.3) is 0 Å². The largest absolute Gasteiger partial charge is 0.491 e. The number of aliphatic hydroxyl groups is 1. The van der Waals surface area contributed by atoms with Gasteiger partial charge in [0.1, 0.15) is 0 Å². The monoisotopic (exact) mass is 322 g/mol. The molecule has 23 heavy (non-hydrogen) atoms. The van der Waals surface area contributed by atoms with Crippen LogP contribution in [0.2, 0.25) is 0 Å². The Bertz CT molecular complexity index is 561. The first-order valence-electron chi connectivity index (χ1n) is 7.74. The fourth-order valence-electron chi connectivity index (χ4n) is 1.85. The normalized spacial score (nSPS) is 12.4. The van der Waals surface area contributed by atoms with E-state index in [9.17, 15) is 14.9 Å². The molecule has 6 heteroatoms. The third kappa shape index (κ3) is 5.34. The van der Waals surface area contributed by atoms with Gasteiger partial charge >= 0.3 is 13.1 Å². The summed E-state index contributed by atoms with van der Waals surface area (Å²) in [4.78, 5) is 12.0. The Morgan fingerprint density at radius 3 is 2.22 bits per heavy atom. The van der Waals surface area contributed by atoms with E-state index in [0.717, 1.165) is 5.56 Å². The molecule has 0 heterocycles. The molecular formula is C17H27BO5. The molecular weight excluding hydrogens is 295 g/mol. The van der Waals surface area contributed by atoms with Crippen molar-refractivity contribution >= 4 is 18.6 Å². The highest BCUT2D eigenvalue weighted by molar-refractivity contribution is 6.60. The Labute approximate surface area is 138 Å². The summed E-state index contributed by atoms with van der Waals surface area (Å²) in [5.74, 6) is -0.445. The van der Waals surface area contributed by atoms with Crippen LogP contribution >= 0.6 is 0 Å². The molecule has 0 fully saturated rings. The number of esters is 1. The van der Waals surface area contributed by atoms with Gasteiger partial charge in [0.05, 0.1) is 22.9 Å². The van der Waals surface area contributed by atoms with Crippen molar-refractivity contribution in [2.24, 2.45) is 0 Å². The SMILES string of the molecule is Cc1cc(B(O)OC(C)(C)C(C)(C)O)cc(C(=O)OC(C)C)c1. The van der Waals surface area contributed by atoms with Crippen LogP contribution in [0.1, 0.15) is 57.5 Å². The van der Waals surface area contributed by atoms with Gasteiger partial charge in [-0.3, -0.25) is 0 Å². The lowest BCUT2D eigenvalue weighted by Gasteiger charge is -2.38. The molecule has 0 spiro atoms. The number of rotatable bonds is 6. The zero-order valence-corrected chi connectivity index (χ0v) is 15.0. The van der Waals surface area contributed by atoms with Crippen LogP contribution in [0.3, 0.4) is 0 Å². The van der Waals surface area contributed by atoms with Gasteiger partial charge in [0, 0.05) is 0 Å². The highest BCUT2D eigenvalue weighted by Gasteiger charge is 2.39. The topological polar surface area (TPSA) is 76.0 Å². The van der Waals surface area contributed by atoms with E-state index in [1.807, 2.05) is 6.92 Å². The first kappa shape index (κ1) is 19.7. The minimum Gasteiger partial charge on any atom is -0.459 e. The van der Waals surface area contributed by atoms with Crippen LogP contribution in [0, 0.1) is 6.92 Å². The Kier molecular flexibility index (Phi) is 6.02. The van der Waals surface area contributed by atoms with Crippen molar-refractivity contribution in [2.75, 3.05) is 0 Å². The van der Waals surface area contributed by atoms with Crippen molar-refractivity contribution < 1.29 is 24.3 Å². The van der Waals surface area contributed by atoms with Gasteiger partial charge in [-0.2, -0.15) is 0 Å². The first-order chi connectivity index (χ1) is 10.3. The molecule has 2 N–H and O–H groups in total. The Morgan fingerprint density at radius 1 is 1.17 bits per heavy atom. The summed E-state index contributed by atoms with van der Waals surface area (Å²) in [5.41, 5.74) is -0.510. The number of aryl methyl sites for hydroxylation is 1. The summed E-state index contributed by atoms with van der Waals surface area (Å²) in [5, 5.41) is 20.5. The molecule has 1 aromatic rings. The lowest BCUT2D eigenvalue weighted by Crippen LogP contribution is -2.53. The van der Waals surface area contributed by atoms with Crippen LogP contribution < -0.4 is 5.46 Å². The highest BCUT2D eigenvalue weighted by atomic mass is 16.6. The molecule has 0 aliphatic heterocycles. The average Bonchev–Trinajstić information content (AvgIpc) is 2.35. The summed E-state index contributed by atoms with van der Waals surface area (Å²) in [6.45, 7) is 12.0. The lowest BCUT2D eigenvalue weighted by atomic mass is 9.75. The van der Waals surface area contributed by atoms with Gasteiger partial charge in [-0.15, -0.1) is 0 Å². The van der Waals surface area contributed by atoms with Crippen molar-refractivity contribution in [1.82, 2.24) is 0 Å². The third-order valence-corrected chi connectivity index (χ3v) is 3.84. The Hall–Kier alpha value is -1.37. The molecule has 1 aromatic carbocycles. The first-order valence-corrected chi connectivity index (χ1v) is 7.74. The zero-order chi connectivity index (χ0) is 18.0. The number of hydrogen-bond acceptors (Lipinski definition) is 5. The Morgan fingerprint density at radius 2 is 1.74 bits per heavy atom. The molecule has 0 aliphatic rings. The van der Waals surface area contributed by atoms with E-state index in [-0.39, 0.29) is 6.10 Å². The van der Waals surface area contributed by atoms with E-state index < -0.39 is 24.3 Å². The number of carbonyl (C=O) groups is 1. The zero-order valence-electron chi connectivity index (χ0n) is 15.0. The quantitative estimate of drug-likeness (QED) is 0.617. The summed E-state index contributed by atoms with van der Waals surface area (Å²) in [6.07, 6.45) is -0.221. The van der Waals surface area contributed by atoms with Crippen molar-refractivity contribution in [1.29, 1.82) is 0 Å². The summed E-state index contributed by atoms with van der Waals surface area (Å²) >= 11 is 0. The van der Waals surface area contributed by atoms with Crippen molar-refractivity contribution in [3.63, 3.8) is 0 Å². The minimum atomic E-state index is -1.26. The second kappa shape index (κ2) is 7.03. The summed E-state index contributed by atoms with van der Waals surface area (Å²) in [6, 6.07) is 4.97. The fourth-order valence-corrected chi connectivity index (χ4v) is 1.85. The summed E-state index contributed by atoms with van der Waals surface area (Å²) < 4.78 is 10.8. The standard InChI is InChI=1S/C17H27BO5/c1-11(2)22-15(19)13-8-12(3)9-14(10-13)18(21)23-17(6,7)16(4,5)20/h8-11,20-21H,1-7H3. The molecule has 0 amide bonds. The van der Waals surface area contributed by atoms with E-state index in [1.165, 1.54) is 0 Å². The van der Waals surface area contributed by atoms with Gasteiger partial charge in [0.2, 0.25) is 0 Å². The van der Waals surface area contributed by atoms with Crippen LogP contribution in [0.4, 0.5) is 0 Å². The van der Waals surface area contributed by atoms with Gasteiger partial charge in [-0.1, -0.05) is 11.6 Å². The van der Waals surface area contributed by atoms with Crippen LogP contribution in [-0.4, -0.2) is 40.5 Å². The molecule has 0 unspecified atom stereocenters. The highest BCUT2D eigenvalue weighted by Crippen LogP contribution is 2.25.